The molecule has 1 amide bonds. The average Bonchev–Trinajstić information content (AvgIpc) is 3.03. The van der Waals surface area contributed by atoms with Gasteiger partial charge >= 0.3 is 0 Å². The molecule has 0 radical (unpaired) electrons. The lowest BCUT2D eigenvalue weighted by molar-refractivity contribution is 0.0569. The Balaban J connectivity index is 1.57. The second-order valence-corrected chi connectivity index (χ2v) is 7.02. The first kappa shape index (κ1) is 15.4. The Hall–Kier alpha value is -2.17. The van der Waals surface area contributed by atoms with Crippen LogP contribution in [0.15, 0.2) is 28.8 Å². The summed E-state index contributed by atoms with van der Waals surface area (Å²) in [5.74, 6) is 0.846. The summed E-state index contributed by atoms with van der Waals surface area (Å²) in [5, 5.41) is 3.92. The Morgan fingerprint density at radius 1 is 1.17 bits per heavy atom. The van der Waals surface area contributed by atoms with Crippen LogP contribution in [0.4, 0.5) is 4.39 Å². The van der Waals surface area contributed by atoms with Crippen LogP contribution < -0.4 is 0 Å². The maximum Gasteiger partial charge on any atom is 0.259 e. The lowest BCUT2D eigenvalue weighted by Gasteiger charge is -2.39. The summed E-state index contributed by atoms with van der Waals surface area (Å²) in [5.41, 5.74) is 2.46. The number of nitrogens with zero attached hydrogens (tertiary/aromatic N) is 2. The van der Waals surface area contributed by atoms with Crippen LogP contribution in [0.1, 0.15) is 59.0 Å². The summed E-state index contributed by atoms with van der Waals surface area (Å²) in [6.07, 6.45) is 3.96. The Kier molecular flexibility index (Phi) is 3.66. The van der Waals surface area contributed by atoms with Gasteiger partial charge in [-0.05, 0) is 63.1 Å². The zero-order valence-electron chi connectivity index (χ0n) is 14.0. The summed E-state index contributed by atoms with van der Waals surface area (Å²) in [4.78, 5) is 15.1. The van der Waals surface area contributed by atoms with E-state index in [9.17, 15) is 9.18 Å². The highest BCUT2D eigenvalue weighted by molar-refractivity contribution is 5.96. The number of aryl methyl sites for hydroxylation is 2. The van der Waals surface area contributed by atoms with Crippen molar-refractivity contribution >= 4 is 5.91 Å². The zero-order chi connectivity index (χ0) is 16.8. The van der Waals surface area contributed by atoms with E-state index in [1.165, 1.54) is 17.7 Å². The molecule has 2 bridgehead atoms. The normalized spacial score (nSPS) is 26.0. The van der Waals surface area contributed by atoms with Crippen LogP contribution in [0.2, 0.25) is 0 Å². The van der Waals surface area contributed by atoms with E-state index in [2.05, 4.69) is 5.16 Å². The molecule has 2 aromatic rings. The summed E-state index contributed by atoms with van der Waals surface area (Å²) in [6, 6.07) is 7.31. The second-order valence-electron chi connectivity index (χ2n) is 7.02. The van der Waals surface area contributed by atoms with Crippen molar-refractivity contribution in [3.05, 3.63) is 52.7 Å². The van der Waals surface area contributed by atoms with Crippen LogP contribution >= 0.6 is 0 Å². The van der Waals surface area contributed by atoms with E-state index in [0.29, 0.717) is 22.9 Å². The van der Waals surface area contributed by atoms with Crippen molar-refractivity contribution < 1.29 is 13.7 Å². The minimum absolute atomic E-state index is 0.0521. The van der Waals surface area contributed by atoms with Crippen LogP contribution in [0.25, 0.3) is 0 Å². The fourth-order valence-electron chi connectivity index (χ4n) is 4.43. The molecule has 2 fully saturated rings. The smallest absolute Gasteiger partial charge is 0.259 e. The molecule has 4 rings (SSSR count). The minimum atomic E-state index is -0.201. The van der Waals surface area contributed by atoms with Gasteiger partial charge in [-0.2, -0.15) is 0 Å². The highest BCUT2D eigenvalue weighted by Gasteiger charge is 2.44. The Morgan fingerprint density at radius 3 is 2.33 bits per heavy atom. The molecule has 1 aromatic heterocycles. The number of rotatable bonds is 2. The molecular weight excluding hydrogens is 307 g/mol. The van der Waals surface area contributed by atoms with Crippen molar-refractivity contribution in [3.8, 4) is 0 Å². The van der Waals surface area contributed by atoms with Gasteiger partial charge in [0.05, 0.1) is 5.69 Å². The van der Waals surface area contributed by atoms with Crippen molar-refractivity contribution in [1.82, 2.24) is 10.1 Å². The molecular formula is C19H21FN2O2. The average molecular weight is 328 g/mol. The Labute approximate surface area is 140 Å². The molecule has 4 nitrogen and oxygen atoms in total. The molecule has 2 atom stereocenters. The molecule has 0 spiro atoms. The van der Waals surface area contributed by atoms with Gasteiger partial charge in [-0.3, -0.25) is 4.79 Å². The third-order valence-corrected chi connectivity index (χ3v) is 5.56. The number of carbonyl (C=O) groups excluding carboxylic acids is 1. The highest BCUT2D eigenvalue weighted by Crippen LogP contribution is 2.44. The number of aromatic nitrogens is 1. The lowest BCUT2D eigenvalue weighted by Crippen LogP contribution is -2.46. The highest BCUT2D eigenvalue weighted by atomic mass is 19.1. The Bertz CT molecular complexity index is 735. The van der Waals surface area contributed by atoms with Crippen LogP contribution in [0.3, 0.4) is 0 Å². The monoisotopic (exact) mass is 328 g/mol. The number of hydrogen-bond donors (Lipinski definition) is 0. The number of fused-ring (bicyclic) bond motifs is 2. The van der Waals surface area contributed by atoms with Gasteiger partial charge in [-0.1, -0.05) is 17.3 Å². The number of piperidine rings is 1. The molecule has 2 saturated heterocycles. The summed E-state index contributed by atoms with van der Waals surface area (Å²) < 4.78 is 18.3. The largest absolute Gasteiger partial charge is 0.361 e. The van der Waals surface area contributed by atoms with Crippen LogP contribution in [-0.4, -0.2) is 28.0 Å². The molecule has 3 heterocycles. The van der Waals surface area contributed by atoms with Crippen molar-refractivity contribution in [2.24, 2.45) is 0 Å². The van der Waals surface area contributed by atoms with Crippen LogP contribution in [0.5, 0.6) is 0 Å². The fourth-order valence-corrected chi connectivity index (χ4v) is 4.43. The fraction of sp³-hybridized carbons (Fsp3) is 0.474. The topological polar surface area (TPSA) is 46.3 Å². The molecule has 1 aromatic carbocycles. The van der Waals surface area contributed by atoms with E-state index < -0.39 is 0 Å². The number of amides is 1. The van der Waals surface area contributed by atoms with Crippen LogP contribution in [-0.2, 0) is 0 Å². The first-order valence-corrected chi connectivity index (χ1v) is 8.55. The van der Waals surface area contributed by atoms with E-state index in [1.54, 1.807) is 6.92 Å². The van der Waals surface area contributed by atoms with E-state index in [4.69, 9.17) is 4.52 Å². The van der Waals surface area contributed by atoms with E-state index in [-0.39, 0.29) is 23.8 Å². The Morgan fingerprint density at radius 2 is 1.79 bits per heavy atom. The standard InChI is InChI=1S/C19H21FN2O2/c1-11-18(12(2)24-21-11)19(23)22-16-7-8-17(22)10-14(9-16)13-3-5-15(20)6-4-13/h3-6,14,16-17H,7-10H2,1-2H3/t16-,17-/m0/s1. The van der Waals surface area contributed by atoms with E-state index in [1.807, 2.05) is 24.0 Å². The minimum Gasteiger partial charge on any atom is -0.361 e. The number of benzene rings is 1. The van der Waals surface area contributed by atoms with Crippen molar-refractivity contribution in [3.63, 3.8) is 0 Å². The van der Waals surface area contributed by atoms with Gasteiger partial charge in [-0.25, -0.2) is 4.39 Å². The third-order valence-electron chi connectivity index (χ3n) is 5.56. The molecule has 2 aliphatic rings. The molecule has 5 heteroatoms. The van der Waals surface area contributed by atoms with Crippen molar-refractivity contribution in [1.29, 1.82) is 0 Å². The lowest BCUT2D eigenvalue weighted by atomic mass is 9.84. The number of hydrogen-bond acceptors (Lipinski definition) is 3. The van der Waals surface area contributed by atoms with Crippen LogP contribution in [0, 0.1) is 19.7 Å². The van der Waals surface area contributed by atoms with Crippen molar-refractivity contribution in [2.75, 3.05) is 0 Å². The quantitative estimate of drug-likeness (QED) is 0.837. The summed E-state index contributed by atoms with van der Waals surface area (Å²) in [7, 11) is 0. The molecule has 0 unspecified atom stereocenters. The van der Waals surface area contributed by atoms with Gasteiger partial charge in [0, 0.05) is 12.1 Å². The molecule has 0 aliphatic carbocycles. The van der Waals surface area contributed by atoms with Gasteiger partial charge in [0.2, 0.25) is 0 Å². The third kappa shape index (κ3) is 2.43. The first-order valence-electron chi connectivity index (χ1n) is 8.55. The molecule has 24 heavy (non-hydrogen) atoms. The zero-order valence-corrected chi connectivity index (χ0v) is 14.0. The molecule has 2 aliphatic heterocycles. The maximum atomic E-state index is 13.2. The summed E-state index contributed by atoms with van der Waals surface area (Å²) >= 11 is 0. The van der Waals surface area contributed by atoms with Gasteiger partial charge in [0.15, 0.2) is 0 Å². The van der Waals surface area contributed by atoms with Gasteiger partial charge in [0.1, 0.15) is 17.1 Å². The predicted octanol–water partition coefficient (Wildman–Crippen LogP) is 3.98. The van der Waals surface area contributed by atoms with Gasteiger partial charge in [-0.15, -0.1) is 0 Å². The predicted molar refractivity (Wildman–Crippen MR) is 87.3 cm³/mol. The van der Waals surface area contributed by atoms with Gasteiger partial charge < -0.3 is 9.42 Å². The van der Waals surface area contributed by atoms with Gasteiger partial charge in [0.25, 0.3) is 5.91 Å². The molecule has 0 saturated carbocycles. The molecule has 126 valence electrons. The van der Waals surface area contributed by atoms with Crippen molar-refractivity contribution in [2.45, 2.75) is 57.5 Å². The maximum absolute atomic E-state index is 13.2. The van der Waals surface area contributed by atoms with E-state index >= 15 is 0 Å². The molecule has 0 N–H and O–H groups in total. The SMILES string of the molecule is Cc1noc(C)c1C(=O)N1[C@H]2CC[C@H]1CC(c1ccc(F)cc1)C2. The first-order chi connectivity index (χ1) is 11.5. The summed E-state index contributed by atoms with van der Waals surface area (Å²) in [6.45, 7) is 3.61. The van der Waals surface area contributed by atoms with E-state index in [0.717, 1.165) is 25.7 Å². The number of carbonyl (C=O) groups is 1. The second kappa shape index (κ2) is 5.72. The number of halogens is 1.